The van der Waals surface area contributed by atoms with Gasteiger partial charge in [-0.05, 0) is 44.2 Å². The summed E-state index contributed by atoms with van der Waals surface area (Å²) in [6.07, 6.45) is 4.95. The van der Waals surface area contributed by atoms with Crippen molar-refractivity contribution in [1.29, 1.82) is 5.26 Å². The van der Waals surface area contributed by atoms with E-state index in [0.717, 1.165) is 25.1 Å². The molecule has 108 valence electrons. The third-order valence-electron chi connectivity index (χ3n) is 4.39. The lowest BCUT2D eigenvalue weighted by atomic mass is 9.70. The van der Waals surface area contributed by atoms with Crippen LogP contribution in [0.2, 0.25) is 0 Å². The van der Waals surface area contributed by atoms with Crippen molar-refractivity contribution in [3.63, 3.8) is 0 Å². The second kappa shape index (κ2) is 5.33. The standard InChI is InChI=1S/C17H20N4/c1-13(2)21-16(19-12-20-21)10-17(11-18)8-7-14-5-3-4-6-15(14)9-17/h3-6,12-13H,7-10H2,1-2H3. The Labute approximate surface area is 125 Å². The number of hydrogen-bond acceptors (Lipinski definition) is 3. The van der Waals surface area contributed by atoms with Gasteiger partial charge in [-0.2, -0.15) is 10.4 Å². The van der Waals surface area contributed by atoms with Crippen LogP contribution in [-0.2, 0) is 19.3 Å². The van der Waals surface area contributed by atoms with Crippen molar-refractivity contribution in [2.24, 2.45) is 5.41 Å². The van der Waals surface area contributed by atoms with Gasteiger partial charge in [0.05, 0.1) is 11.5 Å². The van der Waals surface area contributed by atoms with E-state index < -0.39 is 0 Å². The minimum atomic E-state index is -0.353. The molecular formula is C17H20N4. The van der Waals surface area contributed by atoms with Crippen molar-refractivity contribution >= 4 is 0 Å². The molecule has 1 atom stereocenters. The fourth-order valence-corrected chi connectivity index (χ4v) is 3.22. The highest BCUT2D eigenvalue weighted by atomic mass is 15.3. The van der Waals surface area contributed by atoms with Crippen LogP contribution in [0.25, 0.3) is 0 Å². The maximum absolute atomic E-state index is 9.79. The van der Waals surface area contributed by atoms with Gasteiger partial charge in [0.25, 0.3) is 0 Å². The van der Waals surface area contributed by atoms with Crippen LogP contribution in [0.3, 0.4) is 0 Å². The minimum absolute atomic E-state index is 0.272. The summed E-state index contributed by atoms with van der Waals surface area (Å²) in [6.45, 7) is 4.18. The van der Waals surface area contributed by atoms with E-state index in [1.807, 2.05) is 4.68 Å². The lowest BCUT2D eigenvalue weighted by Gasteiger charge is -2.32. The van der Waals surface area contributed by atoms with Gasteiger partial charge in [-0.3, -0.25) is 0 Å². The molecule has 0 N–H and O–H groups in total. The molecule has 1 aliphatic carbocycles. The number of aromatic nitrogens is 3. The Morgan fingerprint density at radius 1 is 1.33 bits per heavy atom. The topological polar surface area (TPSA) is 54.5 Å². The van der Waals surface area contributed by atoms with Crippen molar-refractivity contribution in [2.75, 3.05) is 0 Å². The smallest absolute Gasteiger partial charge is 0.138 e. The highest BCUT2D eigenvalue weighted by Crippen LogP contribution is 2.37. The van der Waals surface area contributed by atoms with Gasteiger partial charge >= 0.3 is 0 Å². The van der Waals surface area contributed by atoms with Crippen LogP contribution in [0, 0.1) is 16.7 Å². The van der Waals surface area contributed by atoms with E-state index >= 15 is 0 Å². The van der Waals surface area contributed by atoms with Crippen LogP contribution >= 0.6 is 0 Å². The number of nitrogens with zero attached hydrogens (tertiary/aromatic N) is 4. The molecule has 3 rings (SSSR count). The second-order valence-electron chi connectivity index (χ2n) is 6.23. The van der Waals surface area contributed by atoms with E-state index in [9.17, 15) is 5.26 Å². The number of benzene rings is 1. The van der Waals surface area contributed by atoms with Crippen molar-refractivity contribution < 1.29 is 0 Å². The van der Waals surface area contributed by atoms with Gasteiger partial charge in [-0.15, -0.1) is 0 Å². The van der Waals surface area contributed by atoms with Crippen LogP contribution in [0.4, 0.5) is 0 Å². The van der Waals surface area contributed by atoms with Gasteiger partial charge in [-0.25, -0.2) is 9.67 Å². The van der Waals surface area contributed by atoms with E-state index in [1.54, 1.807) is 6.33 Å². The zero-order valence-corrected chi connectivity index (χ0v) is 12.6. The van der Waals surface area contributed by atoms with Crippen molar-refractivity contribution in [3.05, 3.63) is 47.5 Å². The Bertz CT molecular complexity index is 680. The monoisotopic (exact) mass is 280 g/mol. The third kappa shape index (κ3) is 2.56. The zero-order chi connectivity index (χ0) is 14.9. The molecule has 0 bridgehead atoms. The van der Waals surface area contributed by atoms with Crippen LogP contribution < -0.4 is 0 Å². The summed E-state index contributed by atoms with van der Waals surface area (Å²) in [4.78, 5) is 4.38. The lowest BCUT2D eigenvalue weighted by molar-refractivity contribution is 0.321. The average molecular weight is 280 g/mol. The Balaban J connectivity index is 1.90. The van der Waals surface area contributed by atoms with E-state index in [1.165, 1.54) is 11.1 Å². The molecule has 2 aromatic rings. The first-order valence-corrected chi connectivity index (χ1v) is 7.50. The highest BCUT2D eigenvalue weighted by Gasteiger charge is 2.36. The maximum atomic E-state index is 9.79. The molecule has 1 aliphatic rings. The largest absolute Gasteiger partial charge is 0.248 e. The normalized spacial score (nSPS) is 21.0. The van der Waals surface area contributed by atoms with Gasteiger partial charge in [-0.1, -0.05) is 24.3 Å². The number of hydrogen-bond donors (Lipinski definition) is 0. The van der Waals surface area contributed by atoms with Crippen LogP contribution in [0.5, 0.6) is 0 Å². The first-order valence-electron chi connectivity index (χ1n) is 7.50. The summed E-state index contributed by atoms with van der Waals surface area (Å²) >= 11 is 0. The second-order valence-corrected chi connectivity index (χ2v) is 6.23. The van der Waals surface area contributed by atoms with E-state index in [2.05, 4.69) is 54.3 Å². The summed E-state index contributed by atoms with van der Waals surface area (Å²) < 4.78 is 1.93. The number of nitriles is 1. The summed E-state index contributed by atoms with van der Waals surface area (Å²) in [7, 11) is 0. The molecule has 4 nitrogen and oxygen atoms in total. The molecular weight excluding hydrogens is 260 g/mol. The van der Waals surface area contributed by atoms with Gasteiger partial charge in [0.15, 0.2) is 0 Å². The minimum Gasteiger partial charge on any atom is -0.248 e. The van der Waals surface area contributed by atoms with E-state index in [-0.39, 0.29) is 11.5 Å². The van der Waals surface area contributed by atoms with Gasteiger partial charge in [0.2, 0.25) is 0 Å². The molecule has 1 aromatic heterocycles. The molecule has 1 aromatic carbocycles. The van der Waals surface area contributed by atoms with Crippen molar-refractivity contribution in [3.8, 4) is 6.07 Å². The molecule has 0 amide bonds. The fourth-order valence-electron chi connectivity index (χ4n) is 3.22. The van der Waals surface area contributed by atoms with Gasteiger partial charge in [0.1, 0.15) is 12.2 Å². The van der Waals surface area contributed by atoms with Crippen molar-refractivity contribution in [1.82, 2.24) is 14.8 Å². The Morgan fingerprint density at radius 2 is 2.10 bits per heavy atom. The number of fused-ring (bicyclic) bond motifs is 1. The van der Waals surface area contributed by atoms with Crippen LogP contribution in [-0.4, -0.2) is 14.8 Å². The summed E-state index contributed by atoms with van der Waals surface area (Å²) in [5, 5.41) is 14.1. The predicted molar refractivity (Wildman–Crippen MR) is 80.6 cm³/mol. The molecule has 0 spiro atoms. The predicted octanol–water partition coefficient (Wildman–Crippen LogP) is 3.10. The molecule has 1 heterocycles. The van der Waals surface area contributed by atoms with Gasteiger partial charge in [0, 0.05) is 12.5 Å². The van der Waals surface area contributed by atoms with E-state index in [0.29, 0.717) is 6.42 Å². The summed E-state index contributed by atoms with van der Waals surface area (Å²) in [5.74, 6) is 0.922. The molecule has 0 fully saturated rings. The summed E-state index contributed by atoms with van der Waals surface area (Å²) in [5.41, 5.74) is 2.34. The first kappa shape index (κ1) is 13.8. The SMILES string of the molecule is CC(C)n1ncnc1CC1(C#N)CCc2ccccc2C1. The highest BCUT2D eigenvalue weighted by molar-refractivity contribution is 5.33. The fraction of sp³-hybridized carbons (Fsp3) is 0.471. The molecule has 4 heteroatoms. The summed E-state index contributed by atoms with van der Waals surface area (Å²) in [6, 6.07) is 11.3. The Morgan fingerprint density at radius 3 is 2.81 bits per heavy atom. The van der Waals surface area contributed by atoms with Crippen molar-refractivity contribution in [2.45, 2.75) is 45.6 Å². The number of aryl methyl sites for hydroxylation is 1. The Hall–Kier alpha value is -2.15. The molecule has 0 saturated heterocycles. The van der Waals surface area contributed by atoms with Gasteiger partial charge < -0.3 is 0 Å². The first-order chi connectivity index (χ1) is 10.1. The molecule has 0 saturated carbocycles. The van der Waals surface area contributed by atoms with Crippen LogP contribution in [0.15, 0.2) is 30.6 Å². The third-order valence-corrected chi connectivity index (χ3v) is 4.39. The molecule has 0 aliphatic heterocycles. The van der Waals surface area contributed by atoms with E-state index in [4.69, 9.17) is 0 Å². The molecule has 21 heavy (non-hydrogen) atoms. The Kier molecular flexibility index (Phi) is 3.50. The number of rotatable bonds is 3. The zero-order valence-electron chi connectivity index (χ0n) is 12.6. The average Bonchev–Trinajstić information content (AvgIpc) is 2.95. The maximum Gasteiger partial charge on any atom is 0.138 e. The molecule has 1 unspecified atom stereocenters. The quantitative estimate of drug-likeness (QED) is 0.868. The molecule has 0 radical (unpaired) electrons. The van der Waals surface area contributed by atoms with Crippen LogP contribution in [0.1, 0.15) is 43.3 Å². The lowest BCUT2D eigenvalue weighted by Crippen LogP contribution is -2.31.